The van der Waals surface area contributed by atoms with Crippen molar-refractivity contribution in [1.29, 1.82) is 0 Å². The van der Waals surface area contributed by atoms with Crippen LogP contribution >= 0.6 is 0 Å². The average Bonchev–Trinajstić information content (AvgIpc) is 3.55. The normalized spacial score (nSPS) is 14.3. The standard InChI is InChI=1S/C32H30FN5O2/c1-3-26-25-21-37(32(39)34-27-16-8-9-18-29(27)40-4-2)30(22-12-10-13-23(33)20-22)28-17-11-19-36(28)31(25)38(35-26)24-14-6-5-7-15-24/h5-20,30H,3-4,21H2,1-2H3,(H,34,39)/t30-/m1/s1. The molecule has 1 N–H and O–H groups in total. The number of nitrogens with one attached hydrogen (secondary N) is 1. The molecule has 40 heavy (non-hydrogen) atoms. The molecule has 0 spiro atoms. The van der Waals surface area contributed by atoms with Crippen LogP contribution in [0.4, 0.5) is 14.9 Å². The fourth-order valence-corrected chi connectivity index (χ4v) is 5.41. The lowest BCUT2D eigenvalue weighted by molar-refractivity contribution is 0.194. The number of nitrogens with zero attached hydrogens (tertiary/aromatic N) is 4. The van der Waals surface area contributed by atoms with Gasteiger partial charge in [-0.15, -0.1) is 0 Å². The van der Waals surface area contributed by atoms with Gasteiger partial charge in [-0.2, -0.15) is 5.10 Å². The average molecular weight is 536 g/mol. The zero-order chi connectivity index (χ0) is 27.6. The van der Waals surface area contributed by atoms with Crippen LogP contribution in [0.5, 0.6) is 5.75 Å². The molecule has 0 fully saturated rings. The molecule has 0 unspecified atom stereocenters. The lowest BCUT2D eigenvalue weighted by atomic mass is 10.0. The molecule has 5 aromatic rings. The van der Waals surface area contributed by atoms with E-state index in [0.29, 0.717) is 30.0 Å². The Bertz CT molecular complexity index is 1660. The van der Waals surface area contributed by atoms with Crippen LogP contribution in [0.15, 0.2) is 97.2 Å². The van der Waals surface area contributed by atoms with Crippen molar-refractivity contribution in [3.05, 3.63) is 126 Å². The minimum atomic E-state index is -0.564. The molecule has 0 radical (unpaired) electrons. The number of hydrogen-bond acceptors (Lipinski definition) is 3. The Kier molecular flexibility index (Phi) is 6.82. The molecule has 0 saturated heterocycles. The monoisotopic (exact) mass is 535 g/mol. The van der Waals surface area contributed by atoms with E-state index in [1.165, 1.54) is 12.1 Å². The third-order valence-corrected chi connectivity index (χ3v) is 7.16. The number of rotatable bonds is 6. The van der Waals surface area contributed by atoms with E-state index in [1.54, 1.807) is 11.0 Å². The van der Waals surface area contributed by atoms with Gasteiger partial charge in [0, 0.05) is 11.8 Å². The summed E-state index contributed by atoms with van der Waals surface area (Å²) in [6, 6.07) is 26.8. The van der Waals surface area contributed by atoms with E-state index in [1.807, 2.05) is 90.6 Å². The fraction of sp³-hybridized carbons (Fsp3) is 0.188. The van der Waals surface area contributed by atoms with Gasteiger partial charge in [0.15, 0.2) is 0 Å². The molecule has 1 atom stereocenters. The number of anilines is 1. The van der Waals surface area contributed by atoms with Crippen molar-refractivity contribution in [3.8, 4) is 17.3 Å². The molecule has 8 heteroatoms. The molecule has 1 aliphatic rings. The smallest absolute Gasteiger partial charge is 0.323 e. The Morgan fingerprint density at radius 2 is 1.80 bits per heavy atom. The fourth-order valence-electron chi connectivity index (χ4n) is 5.41. The van der Waals surface area contributed by atoms with Gasteiger partial charge in [0.05, 0.1) is 42.0 Å². The number of hydrogen-bond donors (Lipinski definition) is 1. The van der Waals surface area contributed by atoms with E-state index in [0.717, 1.165) is 28.5 Å². The van der Waals surface area contributed by atoms with Gasteiger partial charge in [0.2, 0.25) is 0 Å². The lowest BCUT2D eigenvalue weighted by Gasteiger charge is -2.31. The minimum absolute atomic E-state index is 0.275. The number of fused-ring (bicyclic) bond motifs is 3. The maximum atomic E-state index is 14.6. The summed E-state index contributed by atoms with van der Waals surface area (Å²) >= 11 is 0. The number of amides is 2. The number of carbonyl (C=O) groups excluding carboxylic acids is 1. The van der Waals surface area contributed by atoms with Crippen LogP contribution in [0.3, 0.4) is 0 Å². The molecule has 3 heterocycles. The second kappa shape index (κ2) is 10.7. The number of ether oxygens (including phenoxy) is 1. The SMILES string of the molecule is CCOc1ccccc1NC(=O)N1Cc2c(CC)nn(-c3ccccc3)c2-n2cccc2[C@H]1c1cccc(F)c1. The largest absolute Gasteiger partial charge is 0.492 e. The van der Waals surface area contributed by atoms with Crippen molar-refractivity contribution in [2.75, 3.05) is 11.9 Å². The quantitative estimate of drug-likeness (QED) is 0.257. The second-order valence-electron chi connectivity index (χ2n) is 9.60. The molecule has 6 rings (SSSR count). The Morgan fingerprint density at radius 3 is 2.58 bits per heavy atom. The Morgan fingerprint density at radius 1 is 1.00 bits per heavy atom. The first-order chi connectivity index (χ1) is 19.6. The van der Waals surface area contributed by atoms with Crippen LogP contribution in [0.2, 0.25) is 0 Å². The number of para-hydroxylation sites is 3. The van der Waals surface area contributed by atoms with Crippen molar-refractivity contribution in [1.82, 2.24) is 19.2 Å². The van der Waals surface area contributed by atoms with E-state index in [9.17, 15) is 9.18 Å². The number of urea groups is 1. The van der Waals surface area contributed by atoms with Crippen molar-refractivity contribution in [3.63, 3.8) is 0 Å². The van der Waals surface area contributed by atoms with Crippen LogP contribution in [0.1, 0.15) is 42.4 Å². The van der Waals surface area contributed by atoms with Gasteiger partial charge in [-0.05, 0) is 67.4 Å². The molecule has 0 aliphatic carbocycles. The van der Waals surface area contributed by atoms with E-state index in [2.05, 4.69) is 16.8 Å². The number of aromatic nitrogens is 3. The van der Waals surface area contributed by atoms with Gasteiger partial charge < -0.3 is 19.5 Å². The van der Waals surface area contributed by atoms with Crippen molar-refractivity contribution < 1.29 is 13.9 Å². The van der Waals surface area contributed by atoms with Gasteiger partial charge in [-0.3, -0.25) is 0 Å². The highest BCUT2D eigenvalue weighted by Gasteiger charge is 2.36. The highest BCUT2D eigenvalue weighted by atomic mass is 19.1. The van der Waals surface area contributed by atoms with Crippen LogP contribution in [-0.4, -0.2) is 31.9 Å². The summed E-state index contributed by atoms with van der Waals surface area (Å²) in [4.78, 5) is 15.9. The minimum Gasteiger partial charge on any atom is -0.492 e. The molecule has 2 aromatic heterocycles. The predicted molar refractivity (Wildman–Crippen MR) is 153 cm³/mol. The number of aryl methyl sites for hydroxylation is 1. The van der Waals surface area contributed by atoms with Crippen molar-refractivity contribution >= 4 is 11.7 Å². The first kappa shape index (κ1) is 25.4. The van der Waals surface area contributed by atoms with Crippen LogP contribution in [-0.2, 0) is 13.0 Å². The van der Waals surface area contributed by atoms with Gasteiger partial charge >= 0.3 is 6.03 Å². The molecule has 7 nitrogen and oxygen atoms in total. The Balaban J connectivity index is 1.54. The third-order valence-electron chi connectivity index (χ3n) is 7.16. The van der Waals surface area contributed by atoms with Gasteiger partial charge in [-0.25, -0.2) is 13.9 Å². The van der Waals surface area contributed by atoms with Crippen LogP contribution < -0.4 is 10.1 Å². The summed E-state index contributed by atoms with van der Waals surface area (Å²) < 4.78 is 24.4. The first-order valence-corrected chi connectivity index (χ1v) is 13.5. The molecule has 0 saturated carbocycles. The van der Waals surface area contributed by atoms with Gasteiger partial charge in [-0.1, -0.05) is 49.4 Å². The van der Waals surface area contributed by atoms with Crippen molar-refractivity contribution in [2.24, 2.45) is 0 Å². The summed E-state index contributed by atoms with van der Waals surface area (Å²) in [6.07, 6.45) is 2.67. The zero-order valence-corrected chi connectivity index (χ0v) is 22.4. The Hall–Kier alpha value is -4.85. The maximum Gasteiger partial charge on any atom is 0.323 e. The first-order valence-electron chi connectivity index (χ1n) is 13.5. The molecular weight excluding hydrogens is 505 g/mol. The highest BCUT2D eigenvalue weighted by molar-refractivity contribution is 5.91. The summed E-state index contributed by atoms with van der Waals surface area (Å²) in [5, 5.41) is 8.06. The topological polar surface area (TPSA) is 64.3 Å². The third kappa shape index (κ3) is 4.51. The van der Waals surface area contributed by atoms with E-state index < -0.39 is 6.04 Å². The summed E-state index contributed by atoms with van der Waals surface area (Å²) in [7, 11) is 0. The molecular formula is C32H30FN5O2. The lowest BCUT2D eigenvalue weighted by Crippen LogP contribution is -2.38. The van der Waals surface area contributed by atoms with Crippen LogP contribution in [0, 0.1) is 5.82 Å². The van der Waals surface area contributed by atoms with E-state index in [-0.39, 0.29) is 18.4 Å². The molecule has 0 bridgehead atoms. The Labute approximate surface area is 232 Å². The summed E-state index contributed by atoms with van der Waals surface area (Å²) in [6.45, 7) is 4.71. The van der Waals surface area contributed by atoms with Gasteiger partial charge in [0.25, 0.3) is 0 Å². The molecule has 1 aliphatic heterocycles. The summed E-state index contributed by atoms with van der Waals surface area (Å²) in [5.74, 6) is 1.10. The molecule has 2 amide bonds. The molecule has 202 valence electrons. The predicted octanol–water partition coefficient (Wildman–Crippen LogP) is 6.90. The number of halogens is 1. The van der Waals surface area contributed by atoms with Crippen molar-refractivity contribution in [2.45, 2.75) is 32.9 Å². The number of carbonyl (C=O) groups is 1. The zero-order valence-electron chi connectivity index (χ0n) is 22.4. The highest BCUT2D eigenvalue weighted by Crippen LogP contribution is 2.39. The number of benzene rings is 3. The second-order valence-corrected chi connectivity index (χ2v) is 9.60. The summed E-state index contributed by atoms with van der Waals surface area (Å²) in [5.41, 5.74) is 4.83. The molecule has 3 aromatic carbocycles. The van der Waals surface area contributed by atoms with E-state index >= 15 is 0 Å². The van der Waals surface area contributed by atoms with Gasteiger partial charge in [0.1, 0.15) is 17.4 Å². The van der Waals surface area contributed by atoms with Crippen LogP contribution in [0.25, 0.3) is 11.5 Å². The maximum absolute atomic E-state index is 14.6. The van der Waals surface area contributed by atoms with E-state index in [4.69, 9.17) is 9.84 Å².